The van der Waals surface area contributed by atoms with Crippen LogP contribution in [0.15, 0.2) is 28.9 Å². The van der Waals surface area contributed by atoms with Crippen LogP contribution in [-0.2, 0) is 7.05 Å². The van der Waals surface area contributed by atoms with Gasteiger partial charge in [0.15, 0.2) is 5.75 Å². The first kappa shape index (κ1) is 15.2. The minimum atomic E-state index is 0.0899. The van der Waals surface area contributed by atoms with Crippen molar-refractivity contribution in [2.24, 2.45) is 7.05 Å². The molecule has 6 heteroatoms. The molecule has 1 aromatic heterocycles. The average molecular weight is 359 g/mol. The average Bonchev–Trinajstić information content (AvgIpc) is 2.80. The van der Waals surface area contributed by atoms with Crippen molar-refractivity contribution in [3.05, 3.63) is 39.6 Å². The molecule has 2 rings (SSSR count). The SMILES string of the molecule is CCOc1c(Br)cc(Cl)cc1NC(C)c1ccnn1C. The summed E-state index contributed by atoms with van der Waals surface area (Å²) in [5.74, 6) is 0.769. The number of nitrogens with one attached hydrogen (secondary N) is 1. The number of hydrogen-bond donors (Lipinski definition) is 1. The maximum Gasteiger partial charge on any atom is 0.156 e. The van der Waals surface area contributed by atoms with Crippen molar-refractivity contribution in [2.45, 2.75) is 19.9 Å². The number of nitrogens with zero attached hydrogens (tertiary/aromatic N) is 2. The molecule has 0 saturated carbocycles. The molecular formula is C14H17BrClN3O. The molecule has 0 spiro atoms. The van der Waals surface area contributed by atoms with Gasteiger partial charge in [0, 0.05) is 18.3 Å². The van der Waals surface area contributed by atoms with Crippen LogP contribution < -0.4 is 10.1 Å². The van der Waals surface area contributed by atoms with Gasteiger partial charge in [0.25, 0.3) is 0 Å². The zero-order valence-corrected chi connectivity index (χ0v) is 14.0. The lowest BCUT2D eigenvalue weighted by Crippen LogP contribution is -2.12. The van der Waals surface area contributed by atoms with Crippen LogP contribution in [0.5, 0.6) is 5.75 Å². The van der Waals surface area contributed by atoms with Crippen LogP contribution in [0.1, 0.15) is 25.6 Å². The van der Waals surface area contributed by atoms with Crippen molar-refractivity contribution in [3.8, 4) is 5.75 Å². The number of rotatable bonds is 5. The van der Waals surface area contributed by atoms with Gasteiger partial charge in [-0.2, -0.15) is 5.10 Å². The van der Waals surface area contributed by atoms with E-state index in [2.05, 4.69) is 33.3 Å². The number of ether oxygens (including phenoxy) is 1. The Balaban J connectivity index is 2.30. The lowest BCUT2D eigenvalue weighted by atomic mass is 10.2. The standard InChI is InChI=1S/C14H17BrClN3O/c1-4-20-14-11(15)7-10(16)8-12(14)18-9(2)13-5-6-17-19(13)3/h5-9,18H,4H2,1-3H3. The van der Waals surface area contributed by atoms with Gasteiger partial charge in [0.1, 0.15) is 0 Å². The predicted molar refractivity (Wildman–Crippen MR) is 85.6 cm³/mol. The molecule has 1 heterocycles. The molecule has 0 aliphatic heterocycles. The zero-order valence-electron chi connectivity index (χ0n) is 11.7. The van der Waals surface area contributed by atoms with E-state index in [1.54, 1.807) is 6.20 Å². The molecule has 20 heavy (non-hydrogen) atoms. The first-order valence-electron chi connectivity index (χ1n) is 6.39. The molecule has 0 bridgehead atoms. The molecule has 0 aliphatic carbocycles. The third kappa shape index (κ3) is 3.27. The fourth-order valence-electron chi connectivity index (χ4n) is 2.07. The number of aryl methyl sites for hydroxylation is 1. The Kier molecular flexibility index (Phi) is 4.94. The highest BCUT2D eigenvalue weighted by Crippen LogP contribution is 2.38. The van der Waals surface area contributed by atoms with E-state index in [0.29, 0.717) is 11.6 Å². The summed E-state index contributed by atoms with van der Waals surface area (Å²) in [5, 5.41) is 8.26. The quantitative estimate of drug-likeness (QED) is 0.860. The third-order valence-corrected chi connectivity index (χ3v) is 3.78. The van der Waals surface area contributed by atoms with Crippen LogP contribution in [0.3, 0.4) is 0 Å². The third-order valence-electron chi connectivity index (χ3n) is 2.97. The number of aromatic nitrogens is 2. The van der Waals surface area contributed by atoms with E-state index in [-0.39, 0.29) is 6.04 Å². The van der Waals surface area contributed by atoms with E-state index in [1.807, 2.05) is 36.9 Å². The molecule has 1 unspecified atom stereocenters. The molecule has 4 nitrogen and oxygen atoms in total. The van der Waals surface area contributed by atoms with E-state index in [4.69, 9.17) is 16.3 Å². The predicted octanol–water partition coefficient (Wildman–Crippen LogP) is 4.41. The molecule has 1 N–H and O–H groups in total. The van der Waals surface area contributed by atoms with Crippen molar-refractivity contribution in [1.82, 2.24) is 9.78 Å². The minimum absolute atomic E-state index is 0.0899. The molecule has 1 aromatic carbocycles. The van der Waals surface area contributed by atoms with Crippen LogP contribution in [-0.4, -0.2) is 16.4 Å². The van der Waals surface area contributed by atoms with Crippen LogP contribution >= 0.6 is 27.5 Å². The van der Waals surface area contributed by atoms with Crippen molar-refractivity contribution in [2.75, 3.05) is 11.9 Å². The maximum absolute atomic E-state index is 6.12. The highest BCUT2D eigenvalue weighted by atomic mass is 79.9. The Bertz CT molecular complexity index is 600. The smallest absolute Gasteiger partial charge is 0.156 e. The highest BCUT2D eigenvalue weighted by Gasteiger charge is 2.15. The number of benzene rings is 1. The number of hydrogen-bond acceptors (Lipinski definition) is 3. The van der Waals surface area contributed by atoms with Gasteiger partial charge in [-0.3, -0.25) is 4.68 Å². The minimum Gasteiger partial charge on any atom is -0.491 e. The van der Waals surface area contributed by atoms with Gasteiger partial charge in [0.2, 0.25) is 0 Å². The van der Waals surface area contributed by atoms with Gasteiger partial charge in [0.05, 0.1) is 28.5 Å². The summed E-state index contributed by atoms with van der Waals surface area (Å²) in [5.41, 5.74) is 1.95. The second-order valence-corrected chi connectivity index (χ2v) is 5.73. The number of halogens is 2. The van der Waals surface area contributed by atoms with Gasteiger partial charge in [-0.05, 0) is 48.0 Å². The summed E-state index contributed by atoms with van der Waals surface area (Å²) in [7, 11) is 1.92. The van der Waals surface area contributed by atoms with Gasteiger partial charge in [-0.15, -0.1) is 0 Å². The Morgan fingerprint density at radius 3 is 2.85 bits per heavy atom. The lowest BCUT2D eigenvalue weighted by molar-refractivity contribution is 0.339. The summed E-state index contributed by atoms with van der Waals surface area (Å²) in [6, 6.07) is 5.76. The molecule has 108 valence electrons. The van der Waals surface area contributed by atoms with Gasteiger partial charge >= 0.3 is 0 Å². The van der Waals surface area contributed by atoms with Gasteiger partial charge in [-0.1, -0.05) is 11.6 Å². The summed E-state index contributed by atoms with van der Waals surface area (Å²) in [6.45, 7) is 4.62. The van der Waals surface area contributed by atoms with Crippen molar-refractivity contribution >= 4 is 33.2 Å². The Morgan fingerprint density at radius 2 is 2.25 bits per heavy atom. The van der Waals surface area contributed by atoms with E-state index in [1.165, 1.54) is 0 Å². The zero-order chi connectivity index (χ0) is 14.7. The van der Waals surface area contributed by atoms with Crippen molar-refractivity contribution in [3.63, 3.8) is 0 Å². The van der Waals surface area contributed by atoms with E-state index >= 15 is 0 Å². The molecule has 0 amide bonds. The maximum atomic E-state index is 6.12. The second-order valence-electron chi connectivity index (χ2n) is 4.44. The fraction of sp³-hybridized carbons (Fsp3) is 0.357. The lowest BCUT2D eigenvalue weighted by Gasteiger charge is -2.19. The Labute approximate surface area is 132 Å². The van der Waals surface area contributed by atoms with Gasteiger partial charge in [-0.25, -0.2) is 0 Å². The van der Waals surface area contributed by atoms with Gasteiger partial charge < -0.3 is 10.1 Å². The van der Waals surface area contributed by atoms with Crippen LogP contribution in [0.25, 0.3) is 0 Å². The van der Waals surface area contributed by atoms with Crippen LogP contribution in [0, 0.1) is 0 Å². The molecule has 0 aliphatic rings. The van der Waals surface area contributed by atoms with Crippen LogP contribution in [0.2, 0.25) is 5.02 Å². The van der Waals surface area contributed by atoms with Crippen molar-refractivity contribution < 1.29 is 4.74 Å². The van der Waals surface area contributed by atoms with Crippen LogP contribution in [0.4, 0.5) is 5.69 Å². The Hall–Kier alpha value is -1.20. The number of anilines is 1. The van der Waals surface area contributed by atoms with E-state index in [9.17, 15) is 0 Å². The molecule has 2 aromatic rings. The largest absolute Gasteiger partial charge is 0.491 e. The molecular weight excluding hydrogens is 342 g/mol. The second kappa shape index (κ2) is 6.50. The molecule has 0 radical (unpaired) electrons. The molecule has 0 fully saturated rings. The topological polar surface area (TPSA) is 39.1 Å². The van der Waals surface area contributed by atoms with Crippen molar-refractivity contribution in [1.29, 1.82) is 0 Å². The van der Waals surface area contributed by atoms with E-state index in [0.717, 1.165) is 21.6 Å². The van der Waals surface area contributed by atoms with E-state index < -0.39 is 0 Å². The highest BCUT2D eigenvalue weighted by molar-refractivity contribution is 9.10. The summed E-state index contributed by atoms with van der Waals surface area (Å²) in [6.07, 6.45) is 1.78. The first-order valence-corrected chi connectivity index (χ1v) is 7.56. The fourth-order valence-corrected chi connectivity index (χ4v) is 3.00. The summed E-state index contributed by atoms with van der Waals surface area (Å²) >= 11 is 9.60. The summed E-state index contributed by atoms with van der Waals surface area (Å²) < 4.78 is 8.37. The first-order chi connectivity index (χ1) is 9.52. The molecule has 1 atom stereocenters. The summed E-state index contributed by atoms with van der Waals surface area (Å²) in [4.78, 5) is 0. The molecule has 0 saturated heterocycles. The normalized spacial score (nSPS) is 12.2. The monoisotopic (exact) mass is 357 g/mol. The Morgan fingerprint density at radius 1 is 1.50 bits per heavy atom.